The molecule has 1 aromatic heterocycles. The van der Waals surface area contributed by atoms with Crippen LogP contribution in [0.5, 0.6) is 5.75 Å². The molecule has 0 atom stereocenters. The maximum Gasteiger partial charge on any atom is 0.266 e. The number of hydrogen-bond acceptors (Lipinski definition) is 5. The summed E-state index contributed by atoms with van der Waals surface area (Å²) >= 11 is 5.81. The van der Waals surface area contributed by atoms with E-state index >= 15 is 0 Å². The Morgan fingerprint density at radius 3 is 2.68 bits per heavy atom. The lowest BCUT2D eigenvalue weighted by atomic mass is 10.3. The number of rotatable bonds is 4. The number of halogens is 1. The van der Waals surface area contributed by atoms with Crippen LogP contribution in [-0.2, 0) is 10.0 Å². The summed E-state index contributed by atoms with van der Waals surface area (Å²) in [4.78, 5) is -0.0665. The van der Waals surface area contributed by atoms with Gasteiger partial charge in [0.2, 0.25) is 0 Å². The molecule has 6 nitrogen and oxygen atoms in total. The molecule has 0 saturated carbocycles. The summed E-state index contributed by atoms with van der Waals surface area (Å²) in [6.45, 7) is 1.66. The van der Waals surface area contributed by atoms with Crippen LogP contribution in [0.1, 0.15) is 5.76 Å². The Hall–Kier alpha value is -1.73. The highest BCUT2D eigenvalue weighted by atomic mass is 35.5. The maximum atomic E-state index is 12.2. The Balaban J connectivity index is 2.41. The van der Waals surface area contributed by atoms with Gasteiger partial charge in [-0.05, 0) is 25.1 Å². The maximum absolute atomic E-state index is 12.2. The lowest BCUT2D eigenvalue weighted by Crippen LogP contribution is -2.14. The standard InChI is InChI=1S/C11H11ClN2O4S/c1-7-5-11(13-18-7)14-19(15,16)10-6-8(12)3-4-9(10)17-2/h3-6H,1-2H3,(H,13,14). The lowest BCUT2D eigenvalue weighted by molar-refractivity contribution is 0.399. The van der Waals surface area contributed by atoms with Crippen LogP contribution in [0.15, 0.2) is 33.7 Å². The van der Waals surface area contributed by atoms with Crippen molar-refractivity contribution < 1.29 is 17.7 Å². The van der Waals surface area contributed by atoms with Gasteiger partial charge < -0.3 is 9.26 Å². The third kappa shape index (κ3) is 2.99. The highest BCUT2D eigenvalue weighted by molar-refractivity contribution is 7.92. The molecule has 0 amide bonds. The lowest BCUT2D eigenvalue weighted by Gasteiger charge is -2.09. The fourth-order valence-corrected chi connectivity index (χ4v) is 2.88. The van der Waals surface area contributed by atoms with E-state index in [2.05, 4.69) is 9.88 Å². The van der Waals surface area contributed by atoms with E-state index in [1.807, 2.05) is 0 Å². The molecule has 0 aliphatic carbocycles. The number of benzene rings is 1. The molecule has 0 saturated heterocycles. The average Bonchev–Trinajstić information content (AvgIpc) is 2.74. The first-order valence-electron chi connectivity index (χ1n) is 5.22. The monoisotopic (exact) mass is 302 g/mol. The second kappa shape index (κ2) is 5.10. The molecule has 0 unspecified atom stereocenters. The number of anilines is 1. The third-order valence-corrected chi connectivity index (χ3v) is 3.89. The molecule has 2 rings (SSSR count). The van der Waals surface area contributed by atoms with Crippen LogP contribution in [0.2, 0.25) is 5.02 Å². The zero-order valence-corrected chi connectivity index (χ0v) is 11.7. The SMILES string of the molecule is COc1ccc(Cl)cc1S(=O)(=O)Nc1cc(C)on1. The minimum Gasteiger partial charge on any atom is -0.495 e. The van der Waals surface area contributed by atoms with Gasteiger partial charge >= 0.3 is 0 Å². The van der Waals surface area contributed by atoms with Gasteiger partial charge in [0.05, 0.1) is 7.11 Å². The third-order valence-electron chi connectivity index (χ3n) is 2.28. The summed E-state index contributed by atoms with van der Waals surface area (Å²) in [5, 5.41) is 3.85. The molecule has 1 N–H and O–H groups in total. The topological polar surface area (TPSA) is 81.4 Å². The quantitative estimate of drug-likeness (QED) is 0.938. The molecule has 19 heavy (non-hydrogen) atoms. The smallest absolute Gasteiger partial charge is 0.266 e. The van der Waals surface area contributed by atoms with E-state index in [0.29, 0.717) is 5.76 Å². The molecule has 0 spiro atoms. The number of sulfonamides is 1. The minimum absolute atomic E-state index is 0.0665. The van der Waals surface area contributed by atoms with Gasteiger partial charge in [-0.3, -0.25) is 4.72 Å². The first kappa shape index (κ1) is 13.7. The molecule has 0 fully saturated rings. The van der Waals surface area contributed by atoms with E-state index in [4.69, 9.17) is 20.9 Å². The van der Waals surface area contributed by atoms with Crippen molar-refractivity contribution in [3.63, 3.8) is 0 Å². The number of aromatic nitrogens is 1. The van der Waals surface area contributed by atoms with Crippen molar-refractivity contribution in [3.05, 3.63) is 35.0 Å². The Morgan fingerprint density at radius 2 is 2.11 bits per heavy atom. The van der Waals surface area contributed by atoms with E-state index in [1.165, 1.54) is 25.3 Å². The predicted molar refractivity (Wildman–Crippen MR) is 70.1 cm³/mol. The molecule has 0 bridgehead atoms. The van der Waals surface area contributed by atoms with Crippen molar-refractivity contribution in [1.82, 2.24) is 5.16 Å². The normalized spacial score (nSPS) is 11.3. The molecule has 0 aliphatic rings. The number of nitrogens with one attached hydrogen (secondary N) is 1. The number of ether oxygens (including phenoxy) is 1. The number of aryl methyl sites for hydroxylation is 1. The molecule has 0 radical (unpaired) electrons. The summed E-state index contributed by atoms with van der Waals surface area (Å²) in [7, 11) is -2.47. The van der Waals surface area contributed by atoms with Gasteiger partial charge in [-0.2, -0.15) is 0 Å². The van der Waals surface area contributed by atoms with Crippen LogP contribution in [-0.4, -0.2) is 20.7 Å². The summed E-state index contributed by atoms with van der Waals surface area (Å²) < 4.78 is 36.5. The molecule has 8 heteroatoms. The van der Waals surface area contributed by atoms with E-state index in [0.717, 1.165) is 0 Å². The van der Waals surface area contributed by atoms with Crippen molar-refractivity contribution in [3.8, 4) is 5.75 Å². The molecule has 1 heterocycles. The van der Waals surface area contributed by atoms with Gasteiger partial charge in [-0.1, -0.05) is 16.8 Å². The molecule has 2 aromatic rings. The predicted octanol–water partition coefficient (Wildman–Crippen LogP) is 2.45. The first-order chi connectivity index (χ1) is 8.92. The van der Waals surface area contributed by atoms with Crippen molar-refractivity contribution in [2.75, 3.05) is 11.8 Å². The van der Waals surface area contributed by atoms with Crippen LogP contribution in [0, 0.1) is 6.92 Å². The van der Waals surface area contributed by atoms with Crippen LogP contribution in [0.3, 0.4) is 0 Å². The fourth-order valence-electron chi connectivity index (χ4n) is 1.47. The van der Waals surface area contributed by atoms with Crippen molar-refractivity contribution in [1.29, 1.82) is 0 Å². The summed E-state index contributed by atoms with van der Waals surface area (Å²) in [5.74, 6) is 0.785. The van der Waals surface area contributed by atoms with Crippen molar-refractivity contribution >= 4 is 27.4 Å². The fraction of sp³-hybridized carbons (Fsp3) is 0.182. The zero-order valence-electron chi connectivity index (χ0n) is 10.2. The second-order valence-electron chi connectivity index (χ2n) is 3.72. The minimum atomic E-state index is -3.85. The zero-order chi connectivity index (χ0) is 14.0. The highest BCUT2D eigenvalue weighted by Gasteiger charge is 2.21. The van der Waals surface area contributed by atoms with Crippen LogP contribution < -0.4 is 9.46 Å². The Kier molecular flexibility index (Phi) is 3.68. The Labute approximate surface area is 115 Å². The molecular formula is C11H11ClN2O4S. The summed E-state index contributed by atoms with van der Waals surface area (Å²) in [6, 6.07) is 5.79. The van der Waals surface area contributed by atoms with Crippen molar-refractivity contribution in [2.24, 2.45) is 0 Å². The van der Waals surface area contributed by atoms with Crippen LogP contribution in [0.4, 0.5) is 5.82 Å². The second-order valence-corrected chi connectivity index (χ2v) is 5.81. The van der Waals surface area contributed by atoms with E-state index in [-0.39, 0.29) is 21.5 Å². The number of hydrogen-bond donors (Lipinski definition) is 1. The van der Waals surface area contributed by atoms with Crippen LogP contribution >= 0.6 is 11.6 Å². The van der Waals surface area contributed by atoms with Crippen molar-refractivity contribution in [2.45, 2.75) is 11.8 Å². The van der Waals surface area contributed by atoms with E-state index in [9.17, 15) is 8.42 Å². The first-order valence-corrected chi connectivity index (χ1v) is 7.08. The van der Waals surface area contributed by atoms with Gasteiger partial charge in [0.15, 0.2) is 5.82 Å². The Bertz CT molecular complexity index is 696. The number of nitrogens with zero attached hydrogens (tertiary/aromatic N) is 1. The largest absolute Gasteiger partial charge is 0.495 e. The van der Waals surface area contributed by atoms with Gasteiger partial charge in [-0.15, -0.1) is 0 Å². The van der Waals surface area contributed by atoms with Gasteiger partial charge in [-0.25, -0.2) is 8.42 Å². The average molecular weight is 303 g/mol. The Morgan fingerprint density at radius 1 is 1.37 bits per heavy atom. The molecule has 0 aliphatic heterocycles. The van der Waals surface area contributed by atoms with E-state index < -0.39 is 10.0 Å². The van der Waals surface area contributed by atoms with Gasteiger partial charge in [0, 0.05) is 11.1 Å². The van der Waals surface area contributed by atoms with Gasteiger partial charge in [0.1, 0.15) is 16.4 Å². The summed E-state index contributed by atoms with van der Waals surface area (Å²) in [6.07, 6.45) is 0. The molecular weight excluding hydrogens is 292 g/mol. The van der Waals surface area contributed by atoms with Crippen LogP contribution in [0.25, 0.3) is 0 Å². The molecule has 1 aromatic carbocycles. The summed E-state index contributed by atoms with van der Waals surface area (Å²) in [5.41, 5.74) is 0. The van der Waals surface area contributed by atoms with Gasteiger partial charge in [0.25, 0.3) is 10.0 Å². The highest BCUT2D eigenvalue weighted by Crippen LogP contribution is 2.28. The number of methoxy groups -OCH3 is 1. The van der Waals surface area contributed by atoms with E-state index in [1.54, 1.807) is 13.0 Å². The molecule has 102 valence electrons.